The van der Waals surface area contributed by atoms with Gasteiger partial charge in [0.2, 0.25) is 5.91 Å². The molecule has 7 nitrogen and oxygen atoms in total. The first-order valence-electron chi connectivity index (χ1n) is 4.75. The normalized spacial score (nSPS) is 10.4. The van der Waals surface area contributed by atoms with Crippen molar-refractivity contribution < 1.29 is 19.5 Å². The molecule has 4 N–H and O–H groups in total. The summed E-state index contributed by atoms with van der Waals surface area (Å²) in [6.07, 6.45) is -0.194. The van der Waals surface area contributed by atoms with Crippen molar-refractivity contribution in [3.63, 3.8) is 0 Å². The molecule has 92 valence electrons. The number of urea groups is 1. The van der Waals surface area contributed by atoms with Crippen molar-refractivity contribution in [2.24, 2.45) is 0 Å². The number of carbonyl (C=O) groups excluding carboxylic acids is 2. The molecule has 0 saturated carbocycles. The number of nitrogens with one attached hydrogen (secondary N) is 3. The van der Waals surface area contributed by atoms with Crippen LogP contribution in [0.3, 0.4) is 0 Å². The van der Waals surface area contributed by atoms with Crippen molar-refractivity contribution in [2.45, 2.75) is 25.8 Å². The van der Waals surface area contributed by atoms with Gasteiger partial charge in [-0.05, 0) is 13.8 Å². The fraction of sp³-hybridized carbons (Fsp3) is 0.667. The number of carboxylic acids is 1. The quantitative estimate of drug-likeness (QED) is 0.501. The Morgan fingerprint density at radius 2 is 1.81 bits per heavy atom. The number of carboxylic acid groups (broad SMARTS) is 1. The van der Waals surface area contributed by atoms with Crippen LogP contribution in [0.4, 0.5) is 4.79 Å². The fourth-order valence-electron chi connectivity index (χ4n) is 1.02. The second-order valence-corrected chi connectivity index (χ2v) is 3.94. The smallest absolute Gasteiger partial charge is 0.315 e. The predicted molar refractivity (Wildman–Crippen MR) is 56.9 cm³/mol. The maximum absolute atomic E-state index is 11.3. The molecule has 7 heteroatoms. The van der Waals surface area contributed by atoms with E-state index in [1.54, 1.807) is 13.8 Å². The molecular weight excluding hydrogens is 214 g/mol. The third-order valence-corrected chi connectivity index (χ3v) is 1.73. The molecule has 0 heterocycles. The Morgan fingerprint density at radius 1 is 1.25 bits per heavy atom. The maximum Gasteiger partial charge on any atom is 0.315 e. The van der Waals surface area contributed by atoms with Crippen LogP contribution >= 0.6 is 0 Å². The van der Waals surface area contributed by atoms with Gasteiger partial charge in [0.1, 0.15) is 0 Å². The van der Waals surface area contributed by atoms with Gasteiger partial charge in [0, 0.05) is 12.6 Å². The summed E-state index contributed by atoms with van der Waals surface area (Å²) in [6.45, 7) is 3.02. The number of aliphatic carboxylic acids is 1. The highest BCUT2D eigenvalue weighted by Crippen LogP contribution is 2.07. The van der Waals surface area contributed by atoms with Crippen LogP contribution in [-0.4, -0.2) is 42.1 Å². The number of likely N-dealkylation sites (N-methyl/N-ethyl adjacent to an activating group) is 1. The molecule has 0 aliphatic heterocycles. The van der Waals surface area contributed by atoms with Gasteiger partial charge in [-0.25, -0.2) is 4.79 Å². The minimum absolute atomic E-state index is 0.147. The zero-order chi connectivity index (χ0) is 12.8. The summed E-state index contributed by atoms with van der Waals surface area (Å²) < 4.78 is 0. The van der Waals surface area contributed by atoms with E-state index >= 15 is 0 Å². The van der Waals surface area contributed by atoms with Crippen LogP contribution in [0.15, 0.2) is 0 Å². The monoisotopic (exact) mass is 231 g/mol. The Morgan fingerprint density at radius 3 is 2.25 bits per heavy atom. The zero-order valence-corrected chi connectivity index (χ0v) is 9.59. The Kier molecular flexibility index (Phi) is 5.27. The molecule has 0 atom stereocenters. The van der Waals surface area contributed by atoms with Crippen LogP contribution in [-0.2, 0) is 9.59 Å². The van der Waals surface area contributed by atoms with Gasteiger partial charge in [-0.3, -0.25) is 9.59 Å². The van der Waals surface area contributed by atoms with Gasteiger partial charge < -0.3 is 21.1 Å². The van der Waals surface area contributed by atoms with Gasteiger partial charge in [-0.2, -0.15) is 0 Å². The third kappa shape index (κ3) is 6.63. The summed E-state index contributed by atoms with van der Waals surface area (Å²) in [5.74, 6) is -1.33. The number of hydrogen-bond acceptors (Lipinski definition) is 3. The van der Waals surface area contributed by atoms with Gasteiger partial charge in [-0.1, -0.05) is 0 Å². The third-order valence-electron chi connectivity index (χ3n) is 1.73. The largest absolute Gasteiger partial charge is 0.481 e. The maximum atomic E-state index is 11.3. The Hall–Kier alpha value is -1.79. The molecule has 0 aromatic heterocycles. The van der Waals surface area contributed by atoms with Crippen molar-refractivity contribution in [2.75, 3.05) is 13.6 Å². The topological polar surface area (TPSA) is 108 Å². The SMILES string of the molecule is CNC(=O)CNC(=O)NC(C)(C)CC(=O)O. The molecular formula is C9H17N3O4. The first-order chi connectivity index (χ1) is 7.26. The van der Waals surface area contributed by atoms with Gasteiger partial charge >= 0.3 is 12.0 Å². The second-order valence-electron chi connectivity index (χ2n) is 3.94. The first-order valence-corrected chi connectivity index (χ1v) is 4.75. The van der Waals surface area contributed by atoms with Crippen molar-refractivity contribution in [1.29, 1.82) is 0 Å². The molecule has 0 bridgehead atoms. The van der Waals surface area contributed by atoms with Crippen LogP contribution in [0.2, 0.25) is 0 Å². The molecule has 0 fully saturated rings. The Balaban J connectivity index is 4.03. The highest BCUT2D eigenvalue weighted by atomic mass is 16.4. The van der Waals surface area contributed by atoms with Crippen LogP contribution in [0.1, 0.15) is 20.3 Å². The molecule has 0 radical (unpaired) electrons. The van der Waals surface area contributed by atoms with Crippen LogP contribution < -0.4 is 16.0 Å². The summed E-state index contributed by atoms with van der Waals surface area (Å²) in [6, 6.07) is -0.574. The van der Waals surface area contributed by atoms with Gasteiger partial charge in [-0.15, -0.1) is 0 Å². The molecule has 3 amide bonds. The van der Waals surface area contributed by atoms with Crippen molar-refractivity contribution in [3.05, 3.63) is 0 Å². The molecule has 0 aliphatic carbocycles. The summed E-state index contributed by atoms with van der Waals surface area (Å²) >= 11 is 0. The summed E-state index contributed by atoms with van der Waals surface area (Å²) in [4.78, 5) is 32.6. The number of rotatable bonds is 5. The second kappa shape index (κ2) is 5.94. The summed E-state index contributed by atoms with van der Waals surface area (Å²) in [5.41, 5.74) is -0.862. The van der Waals surface area contributed by atoms with Crippen LogP contribution in [0.5, 0.6) is 0 Å². The average molecular weight is 231 g/mol. The van der Waals surface area contributed by atoms with E-state index in [-0.39, 0.29) is 18.9 Å². The van der Waals surface area contributed by atoms with E-state index in [0.717, 1.165) is 0 Å². The molecule has 0 aromatic carbocycles. The van der Waals surface area contributed by atoms with Crippen LogP contribution in [0.25, 0.3) is 0 Å². The molecule has 0 saturated heterocycles. The predicted octanol–water partition coefficient (Wildman–Crippen LogP) is -0.715. The fourth-order valence-corrected chi connectivity index (χ4v) is 1.02. The zero-order valence-electron chi connectivity index (χ0n) is 9.59. The standard InChI is InChI=1S/C9H17N3O4/c1-9(2,4-7(14)15)12-8(16)11-5-6(13)10-3/h4-5H2,1-3H3,(H,10,13)(H,14,15)(H2,11,12,16). The lowest BCUT2D eigenvalue weighted by Crippen LogP contribution is -2.51. The van der Waals surface area contributed by atoms with E-state index in [4.69, 9.17) is 5.11 Å². The lowest BCUT2D eigenvalue weighted by Gasteiger charge is -2.24. The number of hydrogen-bond donors (Lipinski definition) is 4. The van der Waals surface area contributed by atoms with E-state index < -0.39 is 17.5 Å². The molecule has 0 unspecified atom stereocenters. The summed E-state index contributed by atoms with van der Waals surface area (Å²) in [7, 11) is 1.45. The minimum atomic E-state index is -1.00. The van der Waals surface area contributed by atoms with E-state index in [0.29, 0.717) is 0 Å². The van der Waals surface area contributed by atoms with E-state index in [2.05, 4.69) is 16.0 Å². The Labute approximate surface area is 93.6 Å². The Bertz CT molecular complexity index is 288. The number of carbonyl (C=O) groups is 3. The number of amides is 3. The lowest BCUT2D eigenvalue weighted by molar-refractivity contribution is -0.138. The van der Waals surface area contributed by atoms with Crippen LogP contribution in [0, 0.1) is 0 Å². The van der Waals surface area contributed by atoms with E-state index in [1.807, 2.05) is 0 Å². The van der Waals surface area contributed by atoms with Gasteiger partial charge in [0.15, 0.2) is 0 Å². The van der Waals surface area contributed by atoms with Crippen molar-refractivity contribution >= 4 is 17.9 Å². The highest BCUT2D eigenvalue weighted by Gasteiger charge is 2.23. The van der Waals surface area contributed by atoms with Crippen molar-refractivity contribution in [1.82, 2.24) is 16.0 Å². The van der Waals surface area contributed by atoms with E-state index in [9.17, 15) is 14.4 Å². The van der Waals surface area contributed by atoms with Gasteiger partial charge in [0.05, 0.1) is 13.0 Å². The minimum Gasteiger partial charge on any atom is -0.481 e. The lowest BCUT2D eigenvalue weighted by atomic mass is 10.0. The van der Waals surface area contributed by atoms with E-state index in [1.165, 1.54) is 7.05 Å². The highest BCUT2D eigenvalue weighted by molar-refractivity contribution is 5.84. The van der Waals surface area contributed by atoms with Crippen molar-refractivity contribution in [3.8, 4) is 0 Å². The first kappa shape index (κ1) is 14.2. The molecule has 16 heavy (non-hydrogen) atoms. The molecule has 0 spiro atoms. The average Bonchev–Trinajstić information content (AvgIpc) is 2.11. The van der Waals surface area contributed by atoms with Gasteiger partial charge in [0.25, 0.3) is 0 Å². The molecule has 0 rings (SSSR count). The molecule has 0 aromatic rings. The molecule has 0 aliphatic rings. The summed E-state index contributed by atoms with van der Waals surface area (Å²) in [5, 5.41) is 15.7.